The molecule has 1 saturated heterocycles. The number of aromatic nitrogens is 3. The number of hydrogen-bond donors (Lipinski definition) is 1. The Kier molecular flexibility index (Phi) is 3.14. The van der Waals surface area contributed by atoms with Gasteiger partial charge in [0.2, 0.25) is 5.95 Å². The Bertz CT molecular complexity index is 589. The normalized spacial score (nSPS) is 15.6. The summed E-state index contributed by atoms with van der Waals surface area (Å²) in [7, 11) is 0. The van der Waals surface area contributed by atoms with Gasteiger partial charge in [-0.05, 0) is 12.1 Å². The molecule has 98 valence electrons. The predicted molar refractivity (Wildman–Crippen MR) is 73.5 cm³/mol. The molecule has 1 N–H and O–H groups in total. The first-order valence-electron chi connectivity index (χ1n) is 6.29. The molecule has 0 spiro atoms. The molecule has 1 aliphatic heterocycles. The van der Waals surface area contributed by atoms with Crippen LogP contribution < -0.4 is 15.4 Å². The Hall–Kier alpha value is -2.37. The number of para-hydroxylation sites is 1. The van der Waals surface area contributed by atoms with Gasteiger partial charge in [0.15, 0.2) is 0 Å². The van der Waals surface area contributed by atoms with Gasteiger partial charge in [-0.15, -0.1) is 0 Å². The molecule has 1 aromatic heterocycles. The van der Waals surface area contributed by atoms with E-state index in [2.05, 4.69) is 32.2 Å². The number of H-pyrrole nitrogens is 1. The van der Waals surface area contributed by atoms with Crippen molar-refractivity contribution in [3.8, 4) is 0 Å². The number of hydrogen-bond acceptors (Lipinski definition) is 5. The first kappa shape index (κ1) is 11.7. The van der Waals surface area contributed by atoms with E-state index in [1.54, 1.807) is 0 Å². The molecule has 1 fully saturated rings. The second kappa shape index (κ2) is 5.09. The van der Waals surface area contributed by atoms with E-state index < -0.39 is 0 Å². The van der Waals surface area contributed by atoms with E-state index in [1.165, 1.54) is 11.9 Å². The fraction of sp³-hybridized carbons (Fsp3) is 0.308. The zero-order valence-corrected chi connectivity index (χ0v) is 10.5. The summed E-state index contributed by atoms with van der Waals surface area (Å²) in [5.74, 6) is 0.556. The third kappa shape index (κ3) is 2.57. The lowest BCUT2D eigenvalue weighted by Gasteiger charge is -2.36. The van der Waals surface area contributed by atoms with Gasteiger partial charge in [-0.2, -0.15) is 10.1 Å². The average Bonchev–Trinajstić information content (AvgIpc) is 2.48. The fourth-order valence-corrected chi connectivity index (χ4v) is 2.26. The number of nitrogens with one attached hydrogen (secondary N) is 1. The topological polar surface area (TPSA) is 65.1 Å². The monoisotopic (exact) mass is 257 g/mol. The second-order valence-electron chi connectivity index (χ2n) is 4.45. The molecule has 2 aromatic rings. The summed E-state index contributed by atoms with van der Waals surface area (Å²) < 4.78 is 0. The summed E-state index contributed by atoms with van der Waals surface area (Å²) in [6, 6.07) is 10.3. The number of benzene rings is 1. The van der Waals surface area contributed by atoms with Crippen molar-refractivity contribution in [2.75, 3.05) is 36.0 Å². The van der Waals surface area contributed by atoms with Crippen LogP contribution in [0.2, 0.25) is 0 Å². The molecule has 0 unspecified atom stereocenters. The third-order valence-corrected chi connectivity index (χ3v) is 3.26. The molecule has 3 rings (SSSR count). The lowest BCUT2D eigenvalue weighted by Crippen LogP contribution is -2.47. The van der Waals surface area contributed by atoms with Crippen LogP contribution in [0.15, 0.2) is 41.3 Å². The quantitative estimate of drug-likeness (QED) is 0.848. The second-order valence-corrected chi connectivity index (χ2v) is 4.45. The molecule has 19 heavy (non-hydrogen) atoms. The highest BCUT2D eigenvalue weighted by atomic mass is 16.1. The Balaban J connectivity index is 1.68. The van der Waals surface area contributed by atoms with E-state index in [1.807, 2.05) is 23.1 Å². The van der Waals surface area contributed by atoms with Crippen molar-refractivity contribution < 1.29 is 0 Å². The molecule has 2 heterocycles. The van der Waals surface area contributed by atoms with E-state index in [0.29, 0.717) is 5.95 Å². The van der Waals surface area contributed by atoms with Gasteiger partial charge in [-0.3, -0.25) is 4.79 Å². The molecule has 0 bridgehead atoms. The van der Waals surface area contributed by atoms with Crippen LogP contribution in [0, 0.1) is 0 Å². The van der Waals surface area contributed by atoms with E-state index in [-0.39, 0.29) is 5.56 Å². The molecule has 1 aliphatic rings. The minimum atomic E-state index is -0.306. The zero-order chi connectivity index (χ0) is 13.1. The molecule has 0 radical (unpaired) electrons. The number of nitrogens with zero attached hydrogens (tertiary/aromatic N) is 4. The molecule has 0 saturated carbocycles. The number of rotatable bonds is 2. The molecule has 0 amide bonds. The molecular weight excluding hydrogens is 242 g/mol. The van der Waals surface area contributed by atoms with E-state index >= 15 is 0 Å². The minimum Gasteiger partial charge on any atom is -0.368 e. The lowest BCUT2D eigenvalue weighted by atomic mass is 10.2. The van der Waals surface area contributed by atoms with Gasteiger partial charge < -0.3 is 9.80 Å². The van der Waals surface area contributed by atoms with Gasteiger partial charge in [0.05, 0.1) is 0 Å². The smallest absolute Gasteiger partial charge is 0.293 e. The molecule has 1 aromatic carbocycles. The Morgan fingerprint density at radius 1 is 1.00 bits per heavy atom. The van der Waals surface area contributed by atoms with Gasteiger partial charge in [-0.25, -0.2) is 5.10 Å². The summed E-state index contributed by atoms with van der Waals surface area (Å²) in [4.78, 5) is 19.5. The standard InChI is InChI=1S/C13H15N5O/c19-12-10-14-16-13(15-12)18-8-6-17(7-9-18)11-4-2-1-3-5-11/h1-5,10H,6-9H2,(H,15,16,19). The van der Waals surface area contributed by atoms with Crippen LogP contribution in [-0.2, 0) is 0 Å². The van der Waals surface area contributed by atoms with Crippen LogP contribution >= 0.6 is 0 Å². The summed E-state index contributed by atoms with van der Waals surface area (Å²) in [5.41, 5.74) is 0.925. The maximum absolute atomic E-state index is 11.2. The SMILES string of the molecule is O=c1cn[nH]c(N2CCN(c3ccccc3)CC2)n1. The third-order valence-electron chi connectivity index (χ3n) is 3.26. The van der Waals surface area contributed by atoms with E-state index in [4.69, 9.17) is 0 Å². The molecule has 0 atom stereocenters. The van der Waals surface area contributed by atoms with Gasteiger partial charge in [0.25, 0.3) is 5.56 Å². The van der Waals surface area contributed by atoms with Gasteiger partial charge in [0.1, 0.15) is 6.20 Å². The average molecular weight is 257 g/mol. The Morgan fingerprint density at radius 3 is 2.37 bits per heavy atom. The van der Waals surface area contributed by atoms with Crippen LogP contribution in [0.1, 0.15) is 0 Å². The molecule has 0 aliphatic carbocycles. The molecule has 6 heteroatoms. The fourth-order valence-electron chi connectivity index (χ4n) is 2.26. The van der Waals surface area contributed by atoms with Crippen molar-refractivity contribution >= 4 is 11.6 Å². The highest BCUT2D eigenvalue weighted by molar-refractivity contribution is 5.48. The maximum atomic E-state index is 11.2. The Morgan fingerprint density at radius 2 is 1.68 bits per heavy atom. The van der Waals surface area contributed by atoms with Crippen LogP contribution in [0.4, 0.5) is 11.6 Å². The first-order chi connectivity index (χ1) is 9.33. The minimum absolute atomic E-state index is 0.306. The zero-order valence-electron chi connectivity index (χ0n) is 10.5. The predicted octanol–water partition coefficient (Wildman–Crippen LogP) is 0.491. The van der Waals surface area contributed by atoms with Crippen molar-refractivity contribution in [3.05, 3.63) is 46.9 Å². The largest absolute Gasteiger partial charge is 0.368 e. The molecular formula is C13H15N5O. The summed E-state index contributed by atoms with van der Waals surface area (Å²) in [6.45, 7) is 3.46. The van der Waals surface area contributed by atoms with E-state index in [0.717, 1.165) is 26.2 Å². The van der Waals surface area contributed by atoms with Crippen molar-refractivity contribution in [2.45, 2.75) is 0 Å². The van der Waals surface area contributed by atoms with E-state index in [9.17, 15) is 4.79 Å². The van der Waals surface area contributed by atoms with Gasteiger partial charge in [0, 0.05) is 31.9 Å². The number of aromatic amines is 1. The highest BCUT2D eigenvalue weighted by Gasteiger charge is 2.18. The first-order valence-corrected chi connectivity index (χ1v) is 6.29. The van der Waals surface area contributed by atoms with Crippen LogP contribution in [0.25, 0.3) is 0 Å². The highest BCUT2D eigenvalue weighted by Crippen LogP contribution is 2.16. The van der Waals surface area contributed by atoms with Crippen molar-refractivity contribution in [1.82, 2.24) is 15.2 Å². The van der Waals surface area contributed by atoms with Crippen LogP contribution in [0.5, 0.6) is 0 Å². The van der Waals surface area contributed by atoms with Crippen LogP contribution in [0.3, 0.4) is 0 Å². The lowest BCUT2D eigenvalue weighted by molar-refractivity contribution is 0.633. The molecule has 6 nitrogen and oxygen atoms in total. The van der Waals surface area contributed by atoms with Crippen molar-refractivity contribution in [2.24, 2.45) is 0 Å². The summed E-state index contributed by atoms with van der Waals surface area (Å²) >= 11 is 0. The summed E-state index contributed by atoms with van der Waals surface area (Å²) in [5, 5.41) is 6.56. The van der Waals surface area contributed by atoms with Gasteiger partial charge in [-0.1, -0.05) is 18.2 Å². The van der Waals surface area contributed by atoms with Crippen molar-refractivity contribution in [1.29, 1.82) is 0 Å². The van der Waals surface area contributed by atoms with Crippen molar-refractivity contribution in [3.63, 3.8) is 0 Å². The number of piperazine rings is 1. The van der Waals surface area contributed by atoms with Gasteiger partial charge >= 0.3 is 0 Å². The summed E-state index contributed by atoms with van der Waals surface area (Å²) in [6.07, 6.45) is 1.18. The maximum Gasteiger partial charge on any atom is 0.293 e. The number of anilines is 2. The Labute approximate surface area is 110 Å². The van der Waals surface area contributed by atoms with Crippen LogP contribution in [-0.4, -0.2) is 41.4 Å².